The first kappa shape index (κ1) is 36.4. The molecule has 1 heterocycles. The molecule has 0 radical (unpaired) electrons. The van der Waals surface area contributed by atoms with Crippen LogP contribution in [0.15, 0.2) is 6.07 Å². The van der Waals surface area contributed by atoms with Gasteiger partial charge in [-0.15, -0.1) is 0 Å². The average Bonchev–Trinajstić information content (AvgIpc) is 3.55. The summed E-state index contributed by atoms with van der Waals surface area (Å²) in [7, 11) is 0. The number of fused-ring (bicyclic) bond motifs is 5. The molecule has 8 atom stereocenters. The maximum atomic E-state index is 16.3. The summed E-state index contributed by atoms with van der Waals surface area (Å²) in [5.41, 5.74) is 1.78. The highest BCUT2D eigenvalue weighted by Crippen LogP contribution is 2.65. The van der Waals surface area contributed by atoms with Crippen molar-refractivity contribution in [2.75, 3.05) is 13.1 Å². The standard InChI is InChI=1S/C36H51Cl2F6NO/c1-22-14-15-27-30-23(19-26-25(20-28(37)33(46)32(26)38)31(30)29(39)21-34(22,27)2)11-6-5-9-17-45-18-10-13-24(45)12-7-3-4-8-16-35(40,41)36(42,43)44/h20,22-24,27,29-31,46H,3-19,21H2,1-2H3/t22?,23-,24?,27?,29?,30?,31?,34?/m1/s1. The van der Waals surface area contributed by atoms with Crippen LogP contribution < -0.4 is 0 Å². The molecule has 5 rings (SSSR count). The lowest BCUT2D eigenvalue weighted by atomic mass is 9.50. The summed E-state index contributed by atoms with van der Waals surface area (Å²) in [6.07, 6.45) is 5.25. The van der Waals surface area contributed by atoms with E-state index in [0.29, 0.717) is 43.1 Å². The lowest BCUT2D eigenvalue weighted by Gasteiger charge is -2.55. The van der Waals surface area contributed by atoms with Gasteiger partial charge in [-0.25, -0.2) is 4.39 Å². The fourth-order valence-corrected chi connectivity index (χ4v) is 10.6. The van der Waals surface area contributed by atoms with Crippen LogP contribution in [0.4, 0.5) is 26.3 Å². The van der Waals surface area contributed by atoms with E-state index in [0.717, 1.165) is 94.8 Å². The van der Waals surface area contributed by atoms with Crippen LogP contribution in [0.5, 0.6) is 5.75 Å². The molecule has 0 amide bonds. The van der Waals surface area contributed by atoms with Gasteiger partial charge in [0.15, 0.2) is 5.75 Å². The predicted molar refractivity (Wildman–Crippen MR) is 173 cm³/mol. The molecule has 3 aliphatic carbocycles. The summed E-state index contributed by atoms with van der Waals surface area (Å²) >= 11 is 13.0. The summed E-state index contributed by atoms with van der Waals surface area (Å²) < 4.78 is 79.6. The first-order valence-corrected chi connectivity index (χ1v) is 18.4. The van der Waals surface area contributed by atoms with E-state index >= 15 is 4.39 Å². The van der Waals surface area contributed by atoms with Gasteiger partial charge in [-0.1, -0.05) is 69.2 Å². The van der Waals surface area contributed by atoms with Gasteiger partial charge in [0.1, 0.15) is 6.17 Å². The number of alkyl halides is 6. The van der Waals surface area contributed by atoms with Gasteiger partial charge in [-0.05, 0) is 124 Å². The minimum absolute atomic E-state index is 0.000240. The molecule has 2 nitrogen and oxygen atoms in total. The Labute approximate surface area is 281 Å². The average molecular weight is 699 g/mol. The van der Waals surface area contributed by atoms with Crippen LogP contribution in [0.3, 0.4) is 0 Å². The van der Waals surface area contributed by atoms with E-state index in [4.69, 9.17) is 23.2 Å². The molecule has 1 N–H and O–H groups in total. The van der Waals surface area contributed by atoms with Crippen LogP contribution in [-0.4, -0.2) is 47.4 Å². The van der Waals surface area contributed by atoms with Crippen molar-refractivity contribution in [1.82, 2.24) is 4.90 Å². The lowest BCUT2D eigenvalue weighted by molar-refractivity contribution is -0.284. The topological polar surface area (TPSA) is 23.5 Å². The molecule has 0 spiro atoms. The highest BCUT2D eigenvalue weighted by molar-refractivity contribution is 6.37. The number of likely N-dealkylation sites (tertiary alicyclic amines) is 1. The highest BCUT2D eigenvalue weighted by Gasteiger charge is 2.59. The van der Waals surface area contributed by atoms with Crippen molar-refractivity contribution in [1.29, 1.82) is 0 Å². The second-order valence-corrected chi connectivity index (χ2v) is 16.1. The van der Waals surface area contributed by atoms with Gasteiger partial charge in [0.25, 0.3) is 0 Å². The number of halogens is 8. The molecule has 1 aromatic rings. The number of benzene rings is 1. The Morgan fingerprint density at radius 3 is 2.39 bits per heavy atom. The molecular weight excluding hydrogens is 647 g/mol. The Balaban J connectivity index is 1.12. The minimum atomic E-state index is -5.46. The van der Waals surface area contributed by atoms with Crippen molar-refractivity contribution >= 4 is 23.2 Å². The van der Waals surface area contributed by atoms with E-state index < -0.39 is 24.7 Å². The van der Waals surface area contributed by atoms with Crippen molar-refractivity contribution in [3.63, 3.8) is 0 Å². The number of phenols is 1. The maximum absolute atomic E-state index is 16.3. The number of hydrogen-bond donors (Lipinski definition) is 1. The molecule has 1 aromatic carbocycles. The summed E-state index contributed by atoms with van der Waals surface area (Å²) in [5, 5.41) is 11.0. The number of phenolic OH excluding ortho intramolecular Hbond substituents is 1. The van der Waals surface area contributed by atoms with Crippen LogP contribution in [-0.2, 0) is 6.42 Å². The second kappa shape index (κ2) is 14.5. The Morgan fingerprint density at radius 1 is 0.957 bits per heavy atom. The minimum Gasteiger partial charge on any atom is -0.505 e. The van der Waals surface area contributed by atoms with Crippen LogP contribution in [0.25, 0.3) is 0 Å². The molecule has 0 aromatic heterocycles. The normalized spacial score (nSPS) is 33.2. The Kier molecular flexibility index (Phi) is 11.5. The third kappa shape index (κ3) is 7.34. The molecule has 0 bridgehead atoms. The summed E-state index contributed by atoms with van der Waals surface area (Å²) in [4.78, 5) is 2.52. The SMILES string of the molecule is CC1CCC2C3C(c4cc(Cl)c(O)c(Cl)c4C[C@H]3CCCCCN3CCCC3CCCCCCC(F)(F)C(F)(F)F)C(F)CC12C. The first-order chi connectivity index (χ1) is 21.7. The molecule has 4 aliphatic rings. The first-order valence-electron chi connectivity index (χ1n) is 17.7. The maximum Gasteiger partial charge on any atom is 0.453 e. The third-order valence-electron chi connectivity index (χ3n) is 12.7. The Morgan fingerprint density at radius 2 is 1.65 bits per heavy atom. The number of unbranched alkanes of at least 4 members (excludes halogenated alkanes) is 5. The fraction of sp³-hybridized carbons (Fsp3) is 0.833. The van der Waals surface area contributed by atoms with Crippen LogP contribution in [0.2, 0.25) is 10.0 Å². The molecule has 1 aliphatic heterocycles. The molecule has 2 saturated carbocycles. The predicted octanol–water partition coefficient (Wildman–Crippen LogP) is 11.9. The quantitative estimate of drug-likeness (QED) is 0.164. The summed E-state index contributed by atoms with van der Waals surface area (Å²) in [5.74, 6) is -3.42. The largest absolute Gasteiger partial charge is 0.505 e. The summed E-state index contributed by atoms with van der Waals surface area (Å²) in [6.45, 7) is 6.65. The van der Waals surface area contributed by atoms with Crippen molar-refractivity contribution < 1.29 is 31.4 Å². The van der Waals surface area contributed by atoms with Gasteiger partial charge in [0, 0.05) is 18.4 Å². The molecule has 7 unspecified atom stereocenters. The molecule has 3 fully saturated rings. The van der Waals surface area contributed by atoms with Gasteiger partial charge < -0.3 is 10.0 Å². The molecular formula is C36H51Cl2F6NO. The second-order valence-electron chi connectivity index (χ2n) is 15.3. The molecule has 10 heteroatoms. The van der Waals surface area contributed by atoms with Gasteiger partial charge in [-0.3, -0.25) is 0 Å². The van der Waals surface area contributed by atoms with Crippen LogP contribution >= 0.6 is 23.2 Å². The zero-order chi connectivity index (χ0) is 33.4. The van der Waals surface area contributed by atoms with Gasteiger partial charge >= 0.3 is 12.1 Å². The Hall–Kier alpha value is -0.860. The molecule has 1 saturated heterocycles. The zero-order valence-corrected chi connectivity index (χ0v) is 28.8. The molecule has 262 valence electrons. The van der Waals surface area contributed by atoms with Crippen LogP contribution in [0.1, 0.15) is 127 Å². The molecule has 46 heavy (non-hydrogen) atoms. The monoisotopic (exact) mass is 697 g/mol. The Bertz CT molecular complexity index is 1200. The van der Waals surface area contributed by atoms with E-state index in [1.807, 2.05) is 0 Å². The van der Waals surface area contributed by atoms with Crippen molar-refractivity contribution in [3.05, 3.63) is 27.2 Å². The van der Waals surface area contributed by atoms with E-state index in [9.17, 15) is 27.1 Å². The number of nitrogens with zero attached hydrogens (tertiary/aromatic N) is 1. The van der Waals surface area contributed by atoms with Gasteiger partial charge in [0.2, 0.25) is 0 Å². The number of rotatable bonds is 13. The summed E-state index contributed by atoms with van der Waals surface area (Å²) in [6, 6.07) is 2.23. The third-order valence-corrected chi connectivity index (χ3v) is 13.4. The van der Waals surface area contributed by atoms with E-state index in [-0.39, 0.29) is 39.5 Å². The van der Waals surface area contributed by atoms with Crippen molar-refractivity contribution in [3.8, 4) is 5.75 Å². The highest BCUT2D eigenvalue weighted by atomic mass is 35.5. The number of aromatic hydroxyl groups is 1. The van der Waals surface area contributed by atoms with Gasteiger partial charge in [0.05, 0.1) is 10.0 Å². The van der Waals surface area contributed by atoms with E-state index in [1.165, 1.54) is 0 Å². The van der Waals surface area contributed by atoms with Crippen molar-refractivity contribution in [2.45, 2.75) is 147 Å². The zero-order valence-electron chi connectivity index (χ0n) is 27.3. The lowest BCUT2D eigenvalue weighted by Crippen LogP contribution is -2.50. The van der Waals surface area contributed by atoms with E-state index in [2.05, 4.69) is 18.7 Å². The van der Waals surface area contributed by atoms with Gasteiger partial charge in [-0.2, -0.15) is 22.0 Å². The fourth-order valence-electron chi connectivity index (χ4n) is 10.0. The number of hydrogen-bond acceptors (Lipinski definition) is 2. The van der Waals surface area contributed by atoms with Crippen molar-refractivity contribution in [2.24, 2.45) is 29.1 Å². The smallest absolute Gasteiger partial charge is 0.453 e. The van der Waals surface area contributed by atoms with Crippen LogP contribution in [0, 0.1) is 29.1 Å². The van der Waals surface area contributed by atoms with E-state index in [1.54, 1.807) is 6.07 Å².